The first-order valence-corrected chi connectivity index (χ1v) is 11.4. The minimum Gasteiger partial charge on any atom is -0.494 e. The molecule has 206 valence electrons. The number of halogens is 5. The molecule has 1 atom stereocenters. The Morgan fingerprint density at radius 3 is 2.33 bits per heavy atom. The van der Waals surface area contributed by atoms with Gasteiger partial charge in [-0.05, 0) is 30.7 Å². The van der Waals surface area contributed by atoms with E-state index < -0.39 is 71.4 Å². The summed E-state index contributed by atoms with van der Waals surface area (Å²) in [6.07, 6.45) is -7.43. The Bertz CT molecular complexity index is 1550. The molecule has 0 saturated heterocycles. The third-order valence-electron chi connectivity index (χ3n) is 6.62. The molecule has 1 aliphatic rings. The number of pyridine rings is 1. The molecule has 0 saturated carbocycles. The van der Waals surface area contributed by atoms with E-state index in [2.05, 4.69) is 0 Å². The fraction of sp³-hybridized carbons (Fsp3) is 0.269. The van der Waals surface area contributed by atoms with Gasteiger partial charge in [-0.15, -0.1) is 0 Å². The number of alkyl halides is 3. The zero-order valence-corrected chi connectivity index (χ0v) is 20.7. The zero-order chi connectivity index (χ0) is 28.8. The fourth-order valence-corrected chi connectivity index (χ4v) is 4.82. The van der Waals surface area contributed by atoms with Gasteiger partial charge in [-0.1, -0.05) is 18.2 Å². The molecule has 1 aromatic heterocycles. The number of hydrogen-bond donors (Lipinski definition) is 1. The van der Waals surface area contributed by atoms with Crippen LogP contribution in [0.4, 0.5) is 32.6 Å². The maximum Gasteiger partial charge on any atom is 0.416 e. The molecule has 4 rings (SSSR count). The summed E-state index contributed by atoms with van der Waals surface area (Å²) < 4.78 is 82.1. The summed E-state index contributed by atoms with van der Waals surface area (Å²) in [4.78, 5) is 39.2. The lowest BCUT2D eigenvalue weighted by Gasteiger charge is -2.23. The number of rotatable bonds is 5. The average molecular weight is 552 g/mol. The number of carbonyl (C=O) groups excluding carboxylic acids is 1. The van der Waals surface area contributed by atoms with Crippen molar-refractivity contribution in [2.45, 2.75) is 25.6 Å². The highest BCUT2D eigenvalue weighted by Crippen LogP contribution is 2.41. The fourth-order valence-electron chi connectivity index (χ4n) is 4.82. The van der Waals surface area contributed by atoms with Crippen LogP contribution >= 0.6 is 0 Å². The van der Waals surface area contributed by atoms with Crippen molar-refractivity contribution in [2.75, 3.05) is 25.7 Å². The number of methoxy groups -OCH3 is 2. The number of amides is 1. The molecule has 39 heavy (non-hydrogen) atoms. The molecule has 1 N–H and O–H groups in total. The van der Waals surface area contributed by atoms with Crippen LogP contribution in [0.3, 0.4) is 0 Å². The van der Waals surface area contributed by atoms with E-state index in [9.17, 15) is 37.1 Å². The van der Waals surface area contributed by atoms with Gasteiger partial charge in [-0.2, -0.15) is 13.2 Å². The van der Waals surface area contributed by atoms with Crippen LogP contribution in [0.2, 0.25) is 0 Å². The first kappa shape index (κ1) is 27.6. The molecule has 2 heterocycles. The predicted octanol–water partition coefficient (Wildman–Crippen LogP) is 4.93. The lowest BCUT2D eigenvalue weighted by atomic mass is 9.91. The molecule has 0 spiro atoms. The lowest BCUT2D eigenvalue weighted by molar-refractivity contribution is -0.144. The second-order valence-corrected chi connectivity index (χ2v) is 8.67. The van der Waals surface area contributed by atoms with Gasteiger partial charge in [-0.3, -0.25) is 14.3 Å². The monoisotopic (exact) mass is 552 g/mol. The normalized spacial score (nSPS) is 14.8. The van der Waals surface area contributed by atoms with E-state index in [1.165, 1.54) is 32.2 Å². The summed E-state index contributed by atoms with van der Waals surface area (Å²) in [7, 11) is 2.19. The molecule has 1 amide bonds. The molecule has 3 aromatic rings. The van der Waals surface area contributed by atoms with Crippen molar-refractivity contribution in [3.05, 3.63) is 80.6 Å². The Morgan fingerprint density at radius 2 is 1.74 bits per heavy atom. The summed E-state index contributed by atoms with van der Waals surface area (Å²) in [6, 6.07) is 4.68. The number of aromatic nitrogens is 1. The van der Waals surface area contributed by atoms with Crippen molar-refractivity contribution in [2.24, 2.45) is 0 Å². The molecule has 0 fully saturated rings. The van der Waals surface area contributed by atoms with Crippen LogP contribution < -0.4 is 15.2 Å². The van der Waals surface area contributed by atoms with Gasteiger partial charge < -0.3 is 14.6 Å². The van der Waals surface area contributed by atoms with Crippen LogP contribution in [0.5, 0.6) is 5.75 Å². The standard InChI is InChI=1S/C26H21F5N2O6/c1-12-14(10-15-16(26(29,30)31)7-5-8-17(15)27)22-32(25(36)37)11-18(24(35)39-3)33(22)23(34)20(12)13-6-4-9-19(38-2)21(13)28/h4-9,18H,10-11H2,1-3H3,(H,36,37). The molecule has 0 radical (unpaired) electrons. The highest BCUT2D eigenvalue weighted by atomic mass is 19.4. The highest BCUT2D eigenvalue weighted by Gasteiger charge is 2.43. The van der Waals surface area contributed by atoms with Crippen LogP contribution in [0.25, 0.3) is 11.1 Å². The molecular formula is C26H21F5N2O6. The maximum atomic E-state index is 15.4. The first-order valence-electron chi connectivity index (χ1n) is 11.4. The molecule has 2 aromatic carbocycles. The van der Waals surface area contributed by atoms with Crippen LogP contribution in [-0.4, -0.2) is 42.5 Å². The first-order chi connectivity index (χ1) is 18.3. The van der Waals surface area contributed by atoms with Gasteiger partial charge in [0.05, 0.1) is 31.9 Å². The van der Waals surface area contributed by atoms with Crippen molar-refractivity contribution < 1.29 is 46.1 Å². The van der Waals surface area contributed by atoms with Gasteiger partial charge in [0.25, 0.3) is 5.56 Å². The summed E-state index contributed by atoms with van der Waals surface area (Å²) in [5.41, 5.74) is -4.14. The lowest BCUT2D eigenvalue weighted by Crippen LogP contribution is -2.31. The van der Waals surface area contributed by atoms with Gasteiger partial charge in [0.1, 0.15) is 11.6 Å². The molecule has 1 unspecified atom stereocenters. The topological polar surface area (TPSA) is 98.1 Å². The largest absolute Gasteiger partial charge is 0.494 e. The van der Waals surface area contributed by atoms with E-state index in [1.807, 2.05) is 0 Å². The summed E-state index contributed by atoms with van der Waals surface area (Å²) >= 11 is 0. The number of carboxylic acid groups (broad SMARTS) is 1. The van der Waals surface area contributed by atoms with Gasteiger partial charge >= 0.3 is 18.2 Å². The second kappa shape index (κ2) is 10.0. The second-order valence-electron chi connectivity index (χ2n) is 8.67. The number of nitrogens with zero attached hydrogens (tertiary/aromatic N) is 2. The summed E-state index contributed by atoms with van der Waals surface area (Å²) in [5.74, 6) is -3.91. The van der Waals surface area contributed by atoms with E-state index in [-0.39, 0.29) is 28.0 Å². The Kier molecular flexibility index (Phi) is 7.11. The third-order valence-corrected chi connectivity index (χ3v) is 6.62. The molecule has 8 nitrogen and oxygen atoms in total. The number of hydrogen-bond acceptors (Lipinski definition) is 5. The van der Waals surface area contributed by atoms with Gasteiger partial charge in [0.15, 0.2) is 17.6 Å². The maximum absolute atomic E-state index is 15.4. The molecule has 0 bridgehead atoms. The minimum absolute atomic E-state index is 0.105. The Balaban J connectivity index is 2.14. The van der Waals surface area contributed by atoms with Gasteiger partial charge in [0, 0.05) is 23.1 Å². The number of carbonyl (C=O) groups is 2. The number of fused-ring (bicyclic) bond motifs is 1. The van der Waals surface area contributed by atoms with E-state index in [0.717, 1.165) is 23.8 Å². The number of anilines is 1. The Morgan fingerprint density at radius 1 is 1.08 bits per heavy atom. The predicted molar refractivity (Wildman–Crippen MR) is 128 cm³/mol. The van der Waals surface area contributed by atoms with Crippen molar-refractivity contribution in [3.63, 3.8) is 0 Å². The zero-order valence-electron chi connectivity index (χ0n) is 20.7. The van der Waals surface area contributed by atoms with E-state index in [4.69, 9.17) is 9.47 Å². The SMILES string of the molecule is COC(=O)C1CN(C(=O)O)c2c(Cc3c(F)cccc3C(F)(F)F)c(C)c(-c3cccc(OC)c3F)c(=O)n21. The van der Waals surface area contributed by atoms with E-state index in [1.54, 1.807) is 0 Å². The van der Waals surface area contributed by atoms with E-state index >= 15 is 4.39 Å². The Hall–Kier alpha value is -4.42. The Labute approximate surface area is 217 Å². The molecule has 0 aliphatic carbocycles. The number of esters is 1. The van der Waals surface area contributed by atoms with Crippen LogP contribution in [0, 0.1) is 18.6 Å². The van der Waals surface area contributed by atoms with Crippen LogP contribution in [0.1, 0.15) is 28.3 Å². The van der Waals surface area contributed by atoms with Gasteiger partial charge in [0.2, 0.25) is 0 Å². The van der Waals surface area contributed by atoms with Crippen molar-refractivity contribution in [1.82, 2.24) is 4.57 Å². The summed E-state index contributed by atoms with van der Waals surface area (Å²) in [6.45, 7) is 0.669. The average Bonchev–Trinajstić information content (AvgIpc) is 3.28. The molecule has 13 heteroatoms. The van der Waals surface area contributed by atoms with Gasteiger partial charge in [-0.25, -0.2) is 18.4 Å². The highest BCUT2D eigenvalue weighted by molar-refractivity contribution is 5.92. The summed E-state index contributed by atoms with van der Waals surface area (Å²) in [5, 5.41) is 9.87. The molecular weight excluding hydrogens is 531 g/mol. The van der Waals surface area contributed by atoms with Crippen LogP contribution in [0.15, 0.2) is 41.2 Å². The van der Waals surface area contributed by atoms with Crippen molar-refractivity contribution >= 4 is 17.9 Å². The van der Waals surface area contributed by atoms with Crippen molar-refractivity contribution in [1.29, 1.82) is 0 Å². The van der Waals surface area contributed by atoms with Crippen molar-refractivity contribution in [3.8, 4) is 16.9 Å². The molecule has 1 aliphatic heterocycles. The quantitative estimate of drug-likeness (QED) is 0.356. The number of ether oxygens (including phenoxy) is 2. The third kappa shape index (κ3) is 4.57. The minimum atomic E-state index is -4.97. The smallest absolute Gasteiger partial charge is 0.416 e. The van der Waals surface area contributed by atoms with E-state index in [0.29, 0.717) is 11.0 Å². The van der Waals surface area contributed by atoms with Crippen LogP contribution in [-0.2, 0) is 22.1 Å². The number of benzene rings is 2.